The van der Waals surface area contributed by atoms with Gasteiger partial charge in [-0.2, -0.15) is 0 Å². The van der Waals surface area contributed by atoms with Crippen LogP contribution in [0.25, 0.3) is 0 Å². The summed E-state index contributed by atoms with van der Waals surface area (Å²) in [7, 11) is 3.11. The predicted octanol–water partition coefficient (Wildman–Crippen LogP) is 2.12. The van der Waals surface area contributed by atoms with Crippen molar-refractivity contribution in [3.8, 4) is 11.5 Å². The minimum absolute atomic E-state index is 0.155. The summed E-state index contributed by atoms with van der Waals surface area (Å²) in [6.45, 7) is 3.61. The Kier molecular flexibility index (Phi) is 5.63. The molecule has 0 aliphatic rings. The molecule has 1 aromatic carbocycles. The third-order valence-corrected chi connectivity index (χ3v) is 2.60. The lowest BCUT2D eigenvalue weighted by Crippen LogP contribution is -2.29. The van der Waals surface area contributed by atoms with Gasteiger partial charge in [0.25, 0.3) is 0 Å². The van der Waals surface area contributed by atoms with Crippen LogP contribution in [-0.2, 0) is 16.0 Å². The lowest BCUT2D eigenvalue weighted by Gasteiger charge is -2.18. The first-order chi connectivity index (χ1) is 8.97. The quantitative estimate of drug-likeness (QED) is 0.820. The number of methoxy groups -OCH3 is 2. The highest BCUT2D eigenvalue weighted by Gasteiger charge is 2.22. The Morgan fingerprint density at radius 1 is 1.26 bits per heavy atom. The van der Waals surface area contributed by atoms with E-state index >= 15 is 0 Å². The van der Waals surface area contributed by atoms with Crippen LogP contribution in [0.2, 0.25) is 0 Å². The van der Waals surface area contributed by atoms with Crippen molar-refractivity contribution < 1.29 is 24.1 Å². The number of aliphatic carboxylic acids is 1. The second-order valence-electron chi connectivity index (χ2n) is 4.39. The van der Waals surface area contributed by atoms with E-state index < -0.39 is 12.1 Å². The second kappa shape index (κ2) is 6.99. The van der Waals surface area contributed by atoms with E-state index in [2.05, 4.69) is 0 Å². The van der Waals surface area contributed by atoms with E-state index in [9.17, 15) is 9.90 Å². The molecule has 0 amide bonds. The Balaban J connectivity index is 2.96. The highest BCUT2D eigenvalue weighted by molar-refractivity contribution is 5.73. The molecule has 0 heterocycles. The molecule has 0 unspecified atom stereocenters. The van der Waals surface area contributed by atoms with E-state index in [1.165, 1.54) is 0 Å². The molecule has 1 N–H and O–H groups in total. The SMILES string of the molecule is COc1ccc(OC)c(C[C@H](OC(C)C)C(=O)O)c1. The van der Waals surface area contributed by atoms with Crippen LogP contribution in [-0.4, -0.2) is 37.5 Å². The maximum Gasteiger partial charge on any atom is 0.333 e. The van der Waals surface area contributed by atoms with Gasteiger partial charge in [0.1, 0.15) is 11.5 Å². The van der Waals surface area contributed by atoms with Crippen molar-refractivity contribution in [3.63, 3.8) is 0 Å². The van der Waals surface area contributed by atoms with Crippen molar-refractivity contribution in [2.24, 2.45) is 0 Å². The molecule has 5 nitrogen and oxygen atoms in total. The summed E-state index contributed by atoms with van der Waals surface area (Å²) >= 11 is 0. The average Bonchev–Trinajstić information content (AvgIpc) is 2.37. The van der Waals surface area contributed by atoms with E-state index in [0.29, 0.717) is 11.5 Å². The molecule has 0 saturated heterocycles. The molecule has 0 spiro atoms. The number of hydrogen-bond acceptors (Lipinski definition) is 4. The largest absolute Gasteiger partial charge is 0.497 e. The molecule has 1 aromatic rings. The van der Waals surface area contributed by atoms with E-state index in [4.69, 9.17) is 14.2 Å². The number of benzene rings is 1. The monoisotopic (exact) mass is 268 g/mol. The molecular formula is C14H20O5. The van der Waals surface area contributed by atoms with Crippen LogP contribution in [0.5, 0.6) is 11.5 Å². The van der Waals surface area contributed by atoms with Crippen LogP contribution in [0, 0.1) is 0 Å². The summed E-state index contributed by atoms with van der Waals surface area (Å²) in [5, 5.41) is 9.18. The van der Waals surface area contributed by atoms with Crippen LogP contribution in [0.15, 0.2) is 18.2 Å². The minimum Gasteiger partial charge on any atom is -0.497 e. The number of carboxylic acids is 1. The highest BCUT2D eigenvalue weighted by Crippen LogP contribution is 2.26. The van der Waals surface area contributed by atoms with Gasteiger partial charge in [0.05, 0.1) is 20.3 Å². The Hall–Kier alpha value is -1.75. The maximum absolute atomic E-state index is 11.2. The van der Waals surface area contributed by atoms with E-state index in [-0.39, 0.29) is 12.5 Å². The van der Waals surface area contributed by atoms with Crippen LogP contribution >= 0.6 is 0 Å². The summed E-state index contributed by atoms with van der Waals surface area (Å²) in [4.78, 5) is 11.2. The molecule has 5 heteroatoms. The van der Waals surface area contributed by atoms with Crippen LogP contribution in [0.3, 0.4) is 0 Å². The van der Waals surface area contributed by atoms with Gasteiger partial charge in [0, 0.05) is 12.0 Å². The van der Waals surface area contributed by atoms with Gasteiger partial charge in [-0.3, -0.25) is 0 Å². The fourth-order valence-corrected chi connectivity index (χ4v) is 1.76. The number of carbonyl (C=O) groups is 1. The molecule has 0 radical (unpaired) electrons. The molecule has 106 valence electrons. The van der Waals surface area contributed by atoms with Crippen molar-refractivity contribution in [1.29, 1.82) is 0 Å². The van der Waals surface area contributed by atoms with Crippen LogP contribution < -0.4 is 9.47 Å². The number of hydrogen-bond donors (Lipinski definition) is 1. The molecule has 1 rings (SSSR count). The molecule has 0 aliphatic carbocycles. The third-order valence-electron chi connectivity index (χ3n) is 2.60. The summed E-state index contributed by atoms with van der Waals surface area (Å²) in [5.41, 5.74) is 0.745. The second-order valence-corrected chi connectivity index (χ2v) is 4.39. The van der Waals surface area contributed by atoms with Gasteiger partial charge in [-0.15, -0.1) is 0 Å². The zero-order valence-corrected chi connectivity index (χ0v) is 11.7. The molecule has 0 saturated carbocycles. The topological polar surface area (TPSA) is 65.0 Å². The fraction of sp³-hybridized carbons (Fsp3) is 0.500. The van der Waals surface area contributed by atoms with Gasteiger partial charge in [-0.05, 0) is 32.0 Å². The Bertz CT molecular complexity index is 428. The van der Waals surface area contributed by atoms with Crippen molar-refractivity contribution >= 4 is 5.97 Å². The first-order valence-electron chi connectivity index (χ1n) is 6.07. The van der Waals surface area contributed by atoms with Crippen molar-refractivity contribution in [1.82, 2.24) is 0 Å². The first-order valence-corrected chi connectivity index (χ1v) is 6.07. The smallest absolute Gasteiger partial charge is 0.333 e. The van der Waals surface area contributed by atoms with Crippen molar-refractivity contribution in [2.75, 3.05) is 14.2 Å². The van der Waals surface area contributed by atoms with E-state index in [0.717, 1.165) is 5.56 Å². The Morgan fingerprint density at radius 3 is 2.42 bits per heavy atom. The number of ether oxygens (including phenoxy) is 3. The molecule has 0 bridgehead atoms. The Labute approximate surface area is 113 Å². The maximum atomic E-state index is 11.2. The molecular weight excluding hydrogens is 248 g/mol. The molecule has 0 fully saturated rings. The summed E-state index contributed by atoms with van der Waals surface area (Å²) in [5.74, 6) is 0.294. The van der Waals surface area contributed by atoms with Gasteiger partial charge in [-0.1, -0.05) is 0 Å². The minimum atomic E-state index is -0.987. The van der Waals surface area contributed by atoms with E-state index in [1.54, 1.807) is 46.3 Å². The van der Waals surface area contributed by atoms with Gasteiger partial charge in [-0.25, -0.2) is 4.79 Å². The lowest BCUT2D eigenvalue weighted by atomic mass is 10.1. The zero-order valence-electron chi connectivity index (χ0n) is 11.7. The van der Waals surface area contributed by atoms with Crippen molar-refractivity contribution in [3.05, 3.63) is 23.8 Å². The Morgan fingerprint density at radius 2 is 1.95 bits per heavy atom. The molecule has 0 aromatic heterocycles. The average molecular weight is 268 g/mol. The predicted molar refractivity (Wildman–Crippen MR) is 70.9 cm³/mol. The third kappa shape index (κ3) is 4.44. The number of carboxylic acid groups (broad SMARTS) is 1. The summed E-state index contributed by atoms with van der Waals surface area (Å²) in [6.07, 6.45) is -0.827. The van der Waals surface area contributed by atoms with Gasteiger partial charge in [0.15, 0.2) is 6.10 Å². The van der Waals surface area contributed by atoms with Gasteiger partial charge in [0.2, 0.25) is 0 Å². The van der Waals surface area contributed by atoms with Crippen LogP contribution in [0.1, 0.15) is 19.4 Å². The zero-order chi connectivity index (χ0) is 14.4. The lowest BCUT2D eigenvalue weighted by molar-refractivity contribution is -0.153. The number of rotatable bonds is 7. The van der Waals surface area contributed by atoms with Crippen LogP contribution in [0.4, 0.5) is 0 Å². The molecule has 0 aliphatic heterocycles. The van der Waals surface area contributed by atoms with Gasteiger partial charge >= 0.3 is 5.97 Å². The summed E-state index contributed by atoms with van der Waals surface area (Å²) in [6, 6.07) is 5.28. The van der Waals surface area contributed by atoms with E-state index in [1.807, 2.05) is 0 Å². The highest BCUT2D eigenvalue weighted by atomic mass is 16.5. The normalized spacial score (nSPS) is 12.3. The molecule has 19 heavy (non-hydrogen) atoms. The first kappa shape index (κ1) is 15.3. The van der Waals surface area contributed by atoms with Gasteiger partial charge < -0.3 is 19.3 Å². The molecule has 1 atom stereocenters. The van der Waals surface area contributed by atoms with Crippen molar-refractivity contribution in [2.45, 2.75) is 32.5 Å². The fourth-order valence-electron chi connectivity index (χ4n) is 1.76. The standard InChI is InChI=1S/C14H20O5/c1-9(2)19-13(14(15)16)8-10-7-11(17-3)5-6-12(10)18-4/h5-7,9,13H,8H2,1-4H3,(H,15,16)/t13-/m0/s1. The summed E-state index contributed by atoms with van der Waals surface area (Å²) < 4.78 is 15.8.